The van der Waals surface area contributed by atoms with Crippen LogP contribution in [0.15, 0.2) is 75.9 Å². The van der Waals surface area contributed by atoms with E-state index in [1.807, 2.05) is 59.7 Å². The zero-order valence-electron chi connectivity index (χ0n) is 17.9. The van der Waals surface area contributed by atoms with Gasteiger partial charge < -0.3 is 15.0 Å². The highest BCUT2D eigenvalue weighted by molar-refractivity contribution is 8.16. The Hall–Kier alpha value is -3.03. The molecule has 0 saturated carbocycles. The number of anilines is 1. The molecule has 0 radical (unpaired) electrons. The van der Waals surface area contributed by atoms with E-state index in [2.05, 4.69) is 10.3 Å². The number of methoxy groups -OCH3 is 1. The van der Waals surface area contributed by atoms with Crippen LogP contribution in [0.2, 0.25) is 5.02 Å². The van der Waals surface area contributed by atoms with Crippen LogP contribution in [-0.2, 0) is 14.3 Å². The number of amidine groups is 1. The largest absolute Gasteiger partial charge is 0.466 e. The van der Waals surface area contributed by atoms with Crippen LogP contribution in [0, 0.1) is 6.92 Å². The Morgan fingerprint density at radius 1 is 1.19 bits per heavy atom. The Balaban J connectivity index is 1.66. The van der Waals surface area contributed by atoms with Crippen molar-refractivity contribution in [3.8, 4) is 0 Å². The van der Waals surface area contributed by atoms with Crippen LogP contribution in [-0.4, -0.2) is 29.1 Å². The third kappa shape index (κ3) is 4.45. The third-order valence-corrected chi connectivity index (χ3v) is 6.37. The van der Waals surface area contributed by atoms with E-state index in [-0.39, 0.29) is 12.3 Å². The highest BCUT2D eigenvalue weighted by Gasteiger charge is 2.41. The summed E-state index contributed by atoms with van der Waals surface area (Å²) >= 11 is 7.69. The summed E-state index contributed by atoms with van der Waals surface area (Å²) in [6.07, 6.45) is 0.129. The number of aryl methyl sites for hydroxylation is 1. The van der Waals surface area contributed by atoms with Crippen LogP contribution in [0.25, 0.3) is 0 Å². The lowest BCUT2D eigenvalue weighted by Gasteiger charge is -2.36. The summed E-state index contributed by atoms with van der Waals surface area (Å²) < 4.78 is 5.06. The second-order valence-electron chi connectivity index (χ2n) is 7.53. The molecule has 4 rings (SSSR count). The smallest absolute Gasteiger partial charge is 0.338 e. The zero-order valence-corrected chi connectivity index (χ0v) is 19.5. The van der Waals surface area contributed by atoms with Gasteiger partial charge in [0.1, 0.15) is 0 Å². The number of carbonyl (C=O) groups is 2. The van der Waals surface area contributed by atoms with E-state index in [0.29, 0.717) is 21.5 Å². The van der Waals surface area contributed by atoms with Crippen LogP contribution in [0.4, 0.5) is 5.69 Å². The number of hydrogen-bond donors (Lipinski definition) is 1. The van der Waals surface area contributed by atoms with Gasteiger partial charge in [0.2, 0.25) is 5.91 Å². The summed E-state index contributed by atoms with van der Waals surface area (Å²) in [5, 5.41) is 6.10. The van der Waals surface area contributed by atoms with Crippen molar-refractivity contribution in [2.24, 2.45) is 4.99 Å². The normalized spacial score (nSPS) is 17.5. The first-order chi connectivity index (χ1) is 15.4. The molecule has 0 unspecified atom stereocenters. The van der Waals surface area contributed by atoms with Crippen molar-refractivity contribution in [2.75, 3.05) is 12.4 Å². The molecule has 2 heterocycles. The van der Waals surface area contributed by atoms with E-state index in [1.54, 1.807) is 13.0 Å². The van der Waals surface area contributed by atoms with Gasteiger partial charge in [-0.25, -0.2) is 9.79 Å². The van der Waals surface area contributed by atoms with Gasteiger partial charge in [0, 0.05) is 16.4 Å². The maximum absolute atomic E-state index is 12.8. The van der Waals surface area contributed by atoms with Crippen molar-refractivity contribution < 1.29 is 14.3 Å². The molecule has 0 spiro atoms. The molecule has 0 aliphatic carbocycles. The molecule has 2 aromatic rings. The minimum Gasteiger partial charge on any atom is -0.466 e. The van der Waals surface area contributed by atoms with Crippen LogP contribution in [0.5, 0.6) is 0 Å². The van der Waals surface area contributed by atoms with Gasteiger partial charge >= 0.3 is 5.97 Å². The monoisotopic (exact) mass is 467 g/mol. The molecule has 0 bridgehead atoms. The topological polar surface area (TPSA) is 71.0 Å². The number of fused-ring (bicyclic) bond motifs is 1. The summed E-state index contributed by atoms with van der Waals surface area (Å²) in [6.45, 7) is 3.78. The molecular formula is C24H22ClN3O3S. The lowest BCUT2D eigenvalue weighted by molar-refractivity contribution is -0.136. The van der Waals surface area contributed by atoms with Crippen LogP contribution >= 0.6 is 23.4 Å². The maximum Gasteiger partial charge on any atom is 0.338 e. The molecule has 1 N–H and O–H groups in total. The molecule has 2 aliphatic heterocycles. The molecular weight excluding hydrogens is 446 g/mol. The van der Waals surface area contributed by atoms with Gasteiger partial charge in [0.25, 0.3) is 0 Å². The van der Waals surface area contributed by atoms with E-state index in [9.17, 15) is 9.59 Å². The molecule has 2 aliphatic rings. The number of benzene rings is 2. The number of carbonyl (C=O) groups excluding carboxylic acids is 2. The van der Waals surface area contributed by atoms with Crippen LogP contribution < -0.4 is 5.32 Å². The minimum atomic E-state index is -0.498. The number of rotatable bonds is 5. The Morgan fingerprint density at radius 2 is 1.94 bits per heavy atom. The molecule has 164 valence electrons. The number of halogens is 1. The second kappa shape index (κ2) is 9.22. The predicted octanol–water partition coefficient (Wildman–Crippen LogP) is 5.43. The first-order valence-electron chi connectivity index (χ1n) is 10.0. The van der Waals surface area contributed by atoms with Crippen LogP contribution in [0.3, 0.4) is 0 Å². The Kier molecular flexibility index (Phi) is 6.39. The van der Waals surface area contributed by atoms with Crippen molar-refractivity contribution in [1.82, 2.24) is 4.90 Å². The molecule has 0 fully saturated rings. The number of nitrogens with one attached hydrogen (secondary N) is 1. The Labute approximate surface area is 196 Å². The minimum absolute atomic E-state index is 0.129. The molecule has 2 aromatic carbocycles. The first kappa shape index (κ1) is 22.2. The Bertz CT molecular complexity index is 1170. The summed E-state index contributed by atoms with van der Waals surface area (Å²) in [5.74, 6) is -0.617. The lowest BCUT2D eigenvalue weighted by Crippen LogP contribution is -2.37. The van der Waals surface area contributed by atoms with Gasteiger partial charge in [-0.3, -0.25) is 4.79 Å². The van der Waals surface area contributed by atoms with Crippen molar-refractivity contribution in [3.63, 3.8) is 0 Å². The van der Waals surface area contributed by atoms with Gasteiger partial charge in [-0.15, -0.1) is 0 Å². The fourth-order valence-electron chi connectivity index (χ4n) is 3.74. The average Bonchev–Trinajstić information content (AvgIpc) is 3.15. The quantitative estimate of drug-likeness (QED) is 0.594. The van der Waals surface area contributed by atoms with Crippen molar-refractivity contribution in [2.45, 2.75) is 26.3 Å². The molecule has 32 heavy (non-hydrogen) atoms. The summed E-state index contributed by atoms with van der Waals surface area (Å²) in [6, 6.07) is 14.5. The second-order valence-corrected chi connectivity index (χ2v) is 8.80. The first-order valence-corrected chi connectivity index (χ1v) is 11.3. The van der Waals surface area contributed by atoms with Gasteiger partial charge in [-0.05, 0) is 49.1 Å². The van der Waals surface area contributed by atoms with Crippen molar-refractivity contribution >= 4 is 46.1 Å². The van der Waals surface area contributed by atoms with Crippen LogP contribution in [0.1, 0.15) is 30.5 Å². The standard InChI is InChI=1S/C24H22ClN3O3S/c1-14-7-9-18(10-8-14)27-20(29)12-19-13-32-24-26-15(2)21(23(30)31-3)22(28(19)24)16-5-4-6-17(25)11-16/h4-11,13,22H,12H2,1-3H3,(H,27,29)/t22-/m1/s1. The van der Waals surface area contributed by atoms with Gasteiger partial charge in [-0.2, -0.15) is 0 Å². The molecule has 0 saturated heterocycles. The van der Waals surface area contributed by atoms with Gasteiger partial charge in [0.15, 0.2) is 5.17 Å². The van der Waals surface area contributed by atoms with E-state index in [4.69, 9.17) is 16.3 Å². The third-order valence-electron chi connectivity index (χ3n) is 5.25. The number of nitrogens with zero attached hydrogens (tertiary/aromatic N) is 2. The molecule has 0 aromatic heterocycles. The van der Waals surface area contributed by atoms with E-state index in [0.717, 1.165) is 22.5 Å². The van der Waals surface area contributed by atoms with Crippen molar-refractivity contribution in [1.29, 1.82) is 0 Å². The fourth-order valence-corrected chi connectivity index (χ4v) is 4.90. The van der Waals surface area contributed by atoms with E-state index in [1.165, 1.54) is 18.9 Å². The Morgan fingerprint density at radius 3 is 2.62 bits per heavy atom. The van der Waals surface area contributed by atoms with E-state index < -0.39 is 12.0 Å². The molecule has 1 atom stereocenters. The lowest BCUT2D eigenvalue weighted by atomic mass is 9.94. The number of hydrogen-bond acceptors (Lipinski definition) is 6. The SMILES string of the molecule is COC(=O)C1=C(C)N=C2SC=C(CC(=O)Nc3ccc(C)cc3)N2[C@@H]1c1cccc(Cl)c1. The van der Waals surface area contributed by atoms with E-state index >= 15 is 0 Å². The number of aliphatic imine (C=N–C) groups is 1. The van der Waals surface area contributed by atoms with Crippen molar-refractivity contribution in [3.05, 3.63) is 87.1 Å². The zero-order chi connectivity index (χ0) is 22.8. The summed E-state index contributed by atoms with van der Waals surface area (Å²) in [4.78, 5) is 32.1. The van der Waals surface area contributed by atoms with Gasteiger partial charge in [-0.1, -0.05) is 53.2 Å². The highest BCUT2D eigenvalue weighted by atomic mass is 35.5. The molecule has 8 heteroatoms. The number of amides is 1. The molecule has 6 nitrogen and oxygen atoms in total. The number of ether oxygens (including phenoxy) is 1. The number of thioether (sulfide) groups is 1. The summed E-state index contributed by atoms with van der Waals surface area (Å²) in [5.41, 5.74) is 4.42. The maximum atomic E-state index is 12.8. The predicted molar refractivity (Wildman–Crippen MR) is 128 cm³/mol. The summed E-state index contributed by atoms with van der Waals surface area (Å²) in [7, 11) is 1.35. The number of allylic oxidation sites excluding steroid dienone is 1. The van der Waals surface area contributed by atoms with Gasteiger partial charge in [0.05, 0.1) is 30.8 Å². The average molecular weight is 468 g/mol. The fraction of sp³-hybridized carbons (Fsp3) is 0.208. The number of esters is 1. The molecule has 1 amide bonds. The highest BCUT2D eigenvalue weighted by Crippen LogP contribution is 2.45.